The van der Waals surface area contributed by atoms with Crippen molar-refractivity contribution < 1.29 is 9.90 Å². The molecule has 4 nitrogen and oxygen atoms in total. The van der Waals surface area contributed by atoms with Gasteiger partial charge in [-0.2, -0.15) is 11.8 Å². The molecule has 5 heteroatoms. The van der Waals surface area contributed by atoms with Crippen LogP contribution >= 0.6 is 11.8 Å². The van der Waals surface area contributed by atoms with Crippen molar-refractivity contribution in [2.24, 2.45) is 0 Å². The third-order valence-electron chi connectivity index (χ3n) is 2.18. The van der Waals surface area contributed by atoms with Crippen molar-refractivity contribution in [3.05, 3.63) is 29.6 Å². The third-order valence-corrected chi connectivity index (χ3v) is 2.88. The van der Waals surface area contributed by atoms with Crippen LogP contribution in [0.5, 0.6) is 0 Å². The zero-order valence-corrected chi connectivity index (χ0v) is 11.1. The molecule has 0 aliphatic rings. The maximum Gasteiger partial charge on any atom is 0.252 e. The number of nitrogens with one attached hydrogen (secondary N) is 1. The summed E-state index contributed by atoms with van der Waals surface area (Å²) in [5.74, 6) is 6.11. The fourth-order valence-corrected chi connectivity index (χ4v) is 1.77. The van der Waals surface area contributed by atoms with Crippen LogP contribution in [0.15, 0.2) is 18.5 Å². The number of carbonyl (C=O) groups excluding carboxylic acids is 1. The summed E-state index contributed by atoms with van der Waals surface area (Å²) in [7, 11) is 0. The van der Waals surface area contributed by atoms with E-state index in [1.165, 1.54) is 6.20 Å². The van der Waals surface area contributed by atoms with Gasteiger partial charge in [0, 0.05) is 18.9 Å². The lowest BCUT2D eigenvalue weighted by Crippen LogP contribution is -2.25. The molecular weight excluding hydrogens is 248 g/mol. The number of carbonyl (C=O) groups is 1. The smallest absolute Gasteiger partial charge is 0.252 e. The van der Waals surface area contributed by atoms with E-state index in [1.807, 2.05) is 6.26 Å². The van der Waals surface area contributed by atoms with Gasteiger partial charge in [0.15, 0.2) is 0 Å². The number of amides is 1. The molecule has 0 aliphatic carbocycles. The fourth-order valence-electron chi connectivity index (χ4n) is 1.34. The summed E-state index contributed by atoms with van der Waals surface area (Å²) in [5.41, 5.74) is 1.03. The molecule has 0 saturated carbocycles. The molecule has 0 aromatic carbocycles. The Balaban J connectivity index is 2.67. The molecule has 0 aliphatic heterocycles. The Bertz CT molecular complexity index is 452. The maximum atomic E-state index is 11.9. The zero-order chi connectivity index (χ0) is 13.2. The van der Waals surface area contributed by atoms with Crippen LogP contribution in [-0.2, 0) is 0 Å². The molecule has 0 radical (unpaired) electrons. The van der Waals surface area contributed by atoms with Gasteiger partial charge >= 0.3 is 0 Å². The number of hydrogen-bond donors (Lipinski definition) is 2. The molecule has 0 bridgehead atoms. The van der Waals surface area contributed by atoms with Gasteiger partial charge < -0.3 is 10.4 Å². The molecule has 1 amide bonds. The second-order valence-corrected chi connectivity index (χ2v) is 4.47. The summed E-state index contributed by atoms with van der Waals surface area (Å²) in [6.45, 7) is 0.415. The molecule has 96 valence electrons. The number of hydrogen-bond acceptors (Lipinski definition) is 4. The van der Waals surface area contributed by atoms with Gasteiger partial charge in [0.05, 0.1) is 11.1 Å². The average Bonchev–Trinajstić information content (AvgIpc) is 2.41. The first-order valence-electron chi connectivity index (χ1n) is 5.60. The van der Waals surface area contributed by atoms with Crippen molar-refractivity contribution in [1.29, 1.82) is 0 Å². The van der Waals surface area contributed by atoms with Crippen LogP contribution in [0.4, 0.5) is 0 Å². The number of nitrogens with zero attached hydrogens (tertiary/aromatic N) is 1. The van der Waals surface area contributed by atoms with Crippen LogP contribution in [0.2, 0.25) is 0 Å². The zero-order valence-electron chi connectivity index (χ0n) is 10.3. The van der Waals surface area contributed by atoms with Crippen molar-refractivity contribution in [1.82, 2.24) is 10.3 Å². The Morgan fingerprint density at radius 1 is 1.61 bits per heavy atom. The van der Waals surface area contributed by atoms with Gasteiger partial charge in [-0.1, -0.05) is 11.8 Å². The highest BCUT2D eigenvalue weighted by Gasteiger charge is 2.08. The number of pyridine rings is 1. The van der Waals surface area contributed by atoms with Crippen LogP contribution in [0.25, 0.3) is 0 Å². The quantitative estimate of drug-likeness (QED) is 0.613. The first-order chi connectivity index (χ1) is 8.79. The third kappa shape index (κ3) is 4.78. The summed E-state index contributed by atoms with van der Waals surface area (Å²) in [4.78, 5) is 15.8. The van der Waals surface area contributed by atoms with Crippen molar-refractivity contribution in [2.75, 3.05) is 25.2 Å². The second kappa shape index (κ2) is 8.56. The summed E-state index contributed by atoms with van der Waals surface area (Å²) >= 11 is 1.75. The van der Waals surface area contributed by atoms with Gasteiger partial charge in [-0.3, -0.25) is 9.78 Å². The summed E-state index contributed by atoms with van der Waals surface area (Å²) in [6, 6.07) is 1.63. The van der Waals surface area contributed by atoms with Gasteiger partial charge in [0.2, 0.25) is 0 Å². The van der Waals surface area contributed by atoms with Gasteiger partial charge in [-0.15, -0.1) is 0 Å². The fraction of sp³-hybridized carbons (Fsp3) is 0.385. The normalized spacial score (nSPS) is 9.44. The van der Waals surface area contributed by atoms with Crippen molar-refractivity contribution >= 4 is 17.7 Å². The lowest BCUT2D eigenvalue weighted by molar-refractivity contribution is 0.0953. The molecule has 0 saturated heterocycles. The highest BCUT2D eigenvalue weighted by atomic mass is 32.2. The first-order valence-corrected chi connectivity index (χ1v) is 7.00. The summed E-state index contributed by atoms with van der Waals surface area (Å²) in [6.07, 6.45) is 6.06. The Kier molecular flexibility index (Phi) is 6.92. The Labute approximate surface area is 111 Å². The van der Waals surface area contributed by atoms with Gasteiger partial charge in [0.25, 0.3) is 5.91 Å². The van der Waals surface area contributed by atoms with Gasteiger partial charge in [-0.25, -0.2) is 0 Å². The Morgan fingerprint density at radius 2 is 2.44 bits per heavy atom. The molecule has 0 unspecified atom stereocenters. The van der Waals surface area contributed by atoms with E-state index in [4.69, 9.17) is 5.11 Å². The molecule has 2 N–H and O–H groups in total. The van der Waals surface area contributed by atoms with Crippen LogP contribution in [0, 0.1) is 11.8 Å². The standard InChI is InChI=1S/C13H16N2O2S/c1-18-9-3-6-15-13(17)12-5-7-14-10-11(12)4-2-8-16/h5,7,10,16H,3,6,8-9H2,1H3,(H,15,17). The van der Waals surface area contributed by atoms with Crippen LogP contribution in [-0.4, -0.2) is 41.2 Å². The maximum absolute atomic E-state index is 11.9. The largest absolute Gasteiger partial charge is 0.384 e. The number of aromatic nitrogens is 1. The molecule has 1 aromatic rings. The monoisotopic (exact) mass is 264 g/mol. The van der Waals surface area contributed by atoms with Gasteiger partial charge in [-0.05, 0) is 24.5 Å². The van der Waals surface area contributed by atoms with E-state index in [2.05, 4.69) is 22.1 Å². The second-order valence-electron chi connectivity index (χ2n) is 3.48. The van der Waals surface area contributed by atoms with E-state index in [0.717, 1.165) is 12.2 Å². The lowest BCUT2D eigenvalue weighted by Gasteiger charge is -2.06. The van der Waals surface area contributed by atoms with E-state index >= 15 is 0 Å². The molecule has 0 spiro atoms. The molecule has 0 atom stereocenters. The van der Waals surface area contributed by atoms with Crippen molar-refractivity contribution in [3.8, 4) is 11.8 Å². The lowest BCUT2D eigenvalue weighted by atomic mass is 10.1. The SMILES string of the molecule is CSCCCNC(=O)c1ccncc1C#CCO. The first kappa shape index (κ1) is 14.6. The molecule has 0 fully saturated rings. The predicted octanol–water partition coefficient (Wildman–Crippen LogP) is 0.908. The minimum atomic E-state index is -0.232. The van der Waals surface area contributed by atoms with Crippen LogP contribution in [0.1, 0.15) is 22.3 Å². The molecule has 1 rings (SSSR count). The molecule has 18 heavy (non-hydrogen) atoms. The molecule has 1 heterocycles. The summed E-state index contributed by atoms with van der Waals surface area (Å²) < 4.78 is 0. The minimum Gasteiger partial charge on any atom is -0.384 e. The summed E-state index contributed by atoms with van der Waals surface area (Å²) in [5, 5.41) is 11.5. The number of thioether (sulfide) groups is 1. The Hall–Kier alpha value is -1.51. The Morgan fingerprint density at radius 3 is 3.17 bits per heavy atom. The molecular formula is C13H16N2O2S. The highest BCUT2D eigenvalue weighted by Crippen LogP contribution is 2.05. The van der Waals surface area contributed by atoms with Gasteiger partial charge in [0.1, 0.15) is 6.61 Å². The number of rotatable bonds is 5. The van der Waals surface area contributed by atoms with E-state index in [0.29, 0.717) is 17.7 Å². The van der Waals surface area contributed by atoms with E-state index in [9.17, 15) is 4.79 Å². The molecule has 1 aromatic heterocycles. The topological polar surface area (TPSA) is 62.2 Å². The minimum absolute atomic E-state index is 0.152. The predicted molar refractivity (Wildman–Crippen MR) is 73.5 cm³/mol. The highest BCUT2D eigenvalue weighted by molar-refractivity contribution is 7.98. The van der Waals surface area contributed by atoms with Crippen molar-refractivity contribution in [3.63, 3.8) is 0 Å². The van der Waals surface area contributed by atoms with E-state index < -0.39 is 0 Å². The van der Waals surface area contributed by atoms with Crippen LogP contribution in [0.3, 0.4) is 0 Å². The van der Waals surface area contributed by atoms with E-state index in [1.54, 1.807) is 24.0 Å². The average molecular weight is 264 g/mol. The number of aliphatic hydroxyl groups is 1. The van der Waals surface area contributed by atoms with E-state index in [-0.39, 0.29) is 12.5 Å². The van der Waals surface area contributed by atoms with Crippen molar-refractivity contribution in [2.45, 2.75) is 6.42 Å². The van der Waals surface area contributed by atoms with Crippen LogP contribution < -0.4 is 5.32 Å². The number of aliphatic hydroxyl groups excluding tert-OH is 1.